The highest BCUT2D eigenvalue weighted by molar-refractivity contribution is 6.65. The quantitative estimate of drug-likeness (QED) is 0.484. The maximum Gasteiger partial charge on any atom is 0.166 e. The van der Waals surface area contributed by atoms with Crippen molar-refractivity contribution in [1.82, 2.24) is 0 Å². The van der Waals surface area contributed by atoms with Gasteiger partial charge in [0.05, 0.1) is 22.3 Å². The molecule has 2 N–H and O–H groups in total. The number of aliphatic hydroxyl groups excluding tert-OH is 2. The molecule has 8 heteroatoms. The molecule has 3 saturated carbocycles. The SMILES string of the molecule is O[C@@H]1[C@@H](O)[C@@H]2C[C@H]1[C@@H]1[C@@H]2[C@]2(Cl)C(Cl)=C(Cl)[C@]1(Cl)C2(Cl)Cl. The molecule has 0 saturated heterocycles. The molecule has 0 heterocycles. The summed E-state index contributed by atoms with van der Waals surface area (Å²) in [7, 11) is 0. The largest absolute Gasteiger partial charge is 0.390 e. The van der Waals surface area contributed by atoms with Crippen molar-refractivity contribution in [2.24, 2.45) is 23.7 Å². The van der Waals surface area contributed by atoms with Crippen LogP contribution in [0.5, 0.6) is 0 Å². The van der Waals surface area contributed by atoms with Gasteiger partial charge in [-0.2, -0.15) is 0 Å². The standard InChI is InChI=1S/C12H10Cl6O2/c13-8-9(14)11(16)5-3-1-2(6(19)7(3)20)4(5)10(8,15)12(11,17)18/h2-7,19-20H,1H2/t2-,3+,4-,5-,6+,7+,10+,11+/m1/s1. The van der Waals surface area contributed by atoms with Gasteiger partial charge in [0.25, 0.3) is 0 Å². The zero-order valence-electron chi connectivity index (χ0n) is 9.83. The lowest BCUT2D eigenvalue weighted by Crippen LogP contribution is -2.50. The van der Waals surface area contributed by atoms with Crippen LogP contribution in [0.4, 0.5) is 0 Å². The zero-order valence-corrected chi connectivity index (χ0v) is 14.4. The highest BCUT2D eigenvalue weighted by atomic mass is 35.5. The second kappa shape index (κ2) is 3.89. The average molecular weight is 399 g/mol. The first kappa shape index (κ1) is 15.0. The van der Waals surface area contributed by atoms with E-state index in [9.17, 15) is 10.2 Å². The molecule has 0 aliphatic heterocycles. The Morgan fingerprint density at radius 1 is 0.800 bits per heavy atom. The molecule has 0 unspecified atom stereocenters. The third-order valence-corrected chi connectivity index (χ3v) is 10.0. The van der Waals surface area contributed by atoms with Gasteiger partial charge < -0.3 is 10.2 Å². The molecule has 4 rings (SSSR count). The summed E-state index contributed by atoms with van der Waals surface area (Å²) >= 11 is 39.0. The molecule has 3 fully saturated rings. The fourth-order valence-electron chi connectivity index (χ4n) is 5.01. The van der Waals surface area contributed by atoms with Gasteiger partial charge in [0.15, 0.2) is 4.33 Å². The van der Waals surface area contributed by atoms with Crippen LogP contribution in [-0.4, -0.2) is 36.5 Å². The second-order valence-electron chi connectivity index (χ2n) is 6.22. The van der Waals surface area contributed by atoms with Crippen molar-refractivity contribution in [3.05, 3.63) is 10.1 Å². The van der Waals surface area contributed by atoms with E-state index in [0.717, 1.165) is 0 Å². The Bertz CT molecular complexity index is 506. The van der Waals surface area contributed by atoms with Crippen molar-refractivity contribution in [2.45, 2.75) is 32.7 Å². The van der Waals surface area contributed by atoms with E-state index in [1.165, 1.54) is 0 Å². The van der Waals surface area contributed by atoms with Gasteiger partial charge in [0.1, 0.15) is 9.75 Å². The fraction of sp³-hybridized carbons (Fsp3) is 0.833. The number of aliphatic hydroxyl groups is 2. The minimum absolute atomic E-state index is 0.163. The Labute approximate surface area is 145 Å². The van der Waals surface area contributed by atoms with Crippen LogP contribution in [0, 0.1) is 23.7 Å². The number of hydrogen-bond acceptors (Lipinski definition) is 2. The number of rotatable bonds is 0. The minimum Gasteiger partial charge on any atom is -0.390 e. The van der Waals surface area contributed by atoms with Gasteiger partial charge in [-0.25, -0.2) is 0 Å². The van der Waals surface area contributed by atoms with E-state index in [1.54, 1.807) is 0 Å². The molecule has 0 aromatic rings. The van der Waals surface area contributed by atoms with Crippen LogP contribution >= 0.6 is 69.6 Å². The molecule has 4 aliphatic rings. The van der Waals surface area contributed by atoms with E-state index in [-0.39, 0.29) is 33.7 Å². The molecular formula is C12H10Cl6O2. The lowest BCUT2D eigenvalue weighted by molar-refractivity contribution is -0.0559. The third-order valence-electron chi connectivity index (χ3n) is 5.75. The van der Waals surface area contributed by atoms with E-state index in [2.05, 4.69) is 0 Å². The Morgan fingerprint density at radius 3 is 1.50 bits per heavy atom. The molecule has 2 nitrogen and oxygen atoms in total. The van der Waals surface area contributed by atoms with Crippen molar-refractivity contribution in [3.8, 4) is 0 Å². The molecule has 112 valence electrons. The van der Waals surface area contributed by atoms with Gasteiger partial charge in [-0.3, -0.25) is 0 Å². The first-order chi connectivity index (χ1) is 9.11. The molecule has 8 atom stereocenters. The summed E-state index contributed by atoms with van der Waals surface area (Å²) in [6.07, 6.45) is -1.09. The molecular weight excluding hydrogens is 389 g/mol. The van der Waals surface area contributed by atoms with Gasteiger partial charge in [-0.15, -0.1) is 23.2 Å². The van der Waals surface area contributed by atoms with Crippen LogP contribution in [0.2, 0.25) is 0 Å². The van der Waals surface area contributed by atoms with Crippen molar-refractivity contribution in [2.75, 3.05) is 0 Å². The molecule has 0 aromatic carbocycles. The van der Waals surface area contributed by atoms with Gasteiger partial charge >= 0.3 is 0 Å². The normalized spacial score (nSPS) is 62.4. The highest BCUT2D eigenvalue weighted by Crippen LogP contribution is 2.82. The molecule has 0 spiro atoms. The van der Waals surface area contributed by atoms with Crippen molar-refractivity contribution in [1.29, 1.82) is 0 Å². The van der Waals surface area contributed by atoms with Crippen molar-refractivity contribution < 1.29 is 10.2 Å². The van der Waals surface area contributed by atoms with Crippen molar-refractivity contribution in [3.63, 3.8) is 0 Å². The highest BCUT2D eigenvalue weighted by Gasteiger charge is 2.87. The Kier molecular flexibility index (Phi) is 2.91. The first-order valence-electron chi connectivity index (χ1n) is 6.29. The summed E-state index contributed by atoms with van der Waals surface area (Å²) < 4.78 is -1.58. The monoisotopic (exact) mass is 396 g/mol. The van der Waals surface area contributed by atoms with E-state index in [4.69, 9.17) is 69.6 Å². The van der Waals surface area contributed by atoms with Crippen LogP contribution in [0.3, 0.4) is 0 Å². The fourth-order valence-corrected chi connectivity index (χ4v) is 8.14. The number of halogens is 6. The van der Waals surface area contributed by atoms with Crippen LogP contribution < -0.4 is 0 Å². The predicted molar refractivity (Wildman–Crippen MR) is 80.9 cm³/mol. The zero-order chi connectivity index (χ0) is 14.8. The van der Waals surface area contributed by atoms with Gasteiger partial charge in [-0.1, -0.05) is 46.4 Å². The Balaban J connectivity index is 1.98. The van der Waals surface area contributed by atoms with Crippen molar-refractivity contribution >= 4 is 69.6 Å². The summed E-state index contributed by atoms with van der Waals surface area (Å²) in [6.45, 7) is 0. The predicted octanol–water partition coefficient (Wildman–Crippen LogP) is 3.44. The average Bonchev–Trinajstić information content (AvgIpc) is 2.97. The maximum atomic E-state index is 10.2. The lowest BCUT2D eigenvalue weighted by atomic mass is 9.70. The first-order valence-corrected chi connectivity index (χ1v) is 8.56. The van der Waals surface area contributed by atoms with Gasteiger partial charge in [0.2, 0.25) is 0 Å². The maximum absolute atomic E-state index is 10.2. The molecule has 4 aliphatic carbocycles. The van der Waals surface area contributed by atoms with Crippen LogP contribution in [0.25, 0.3) is 0 Å². The minimum atomic E-state index is -1.58. The van der Waals surface area contributed by atoms with E-state index < -0.39 is 26.3 Å². The molecule has 20 heavy (non-hydrogen) atoms. The summed E-state index contributed by atoms with van der Waals surface area (Å²) in [4.78, 5) is -2.64. The van der Waals surface area contributed by atoms with Crippen LogP contribution in [0.15, 0.2) is 10.1 Å². The Morgan fingerprint density at radius 2 is 1.15 bits per heavy atom. The van der Waals surface area contributed by atoms with Crippen LogP contribution in [0.1, 0.15) is 6.42 Å². The van der Waals surface area contributed by atoms with E-state index in [1.807, 2.05) is 0 Å². The molecule has 4 bridgehead atoms. The van der Waals surface area contributed by atoms with Crippen LogP contribution in [-0.2, 0) is 0 Å². The third kappa shape index (κ3) is 1.16. The molecule has 0 aromatic heterocycles. The topological polar surface area (TPSA) is 40.5 Å². The summed E-state index contributed by atoms with van der Waals surface area (Å²) in [5, 5.41) is 20.6. The number of alkyl halides is 4. The van der Waals surface area contributed by atoms with E-state index >= 15 is 0 Å². The summed E-state index contributed by atoms with van der Waals surface area (Å²) in [5.41, 5.74) is 0. The number of allylic oxidation sites excluding steroid dienone is 2. The Hall–Kier alpha value is 1.40. The second-order valence-corrected chi connectivity index (χ2v) is 9.50. The molecule has 0 radical (unpaired) electrons. The summed E-state index contributed by atoms with van der Waals surface area (Å²) in [6, 6.07) is 0. The number of hydrogen-bond donors (Lipinski definition) is 2. The lowest BCUT2D eigenvalue weighted by Gasteiger charge is -2.42. The van der Waals surface area contributed by atoms with Gasteiger partial charge in [-0.05, 0) is 30.1 Å². The summed E-state index contributed by atoms with van der Waals surface area (Å²) in [5.74, 6) is -1.05. The van der Waals surface area contributed by atoms with E-state index in [0.29, 0.717) is 6.42 Å². The number of fused-ring (bicyclic) bond motifs is 9. The molecule has 0 amide bonds. The smallest absolute Gasteiger partial charge is 0.166 e. The van der Waals surface area contributed by atoms with Gasteiger partial charge in [0, 0.05) is 0 Å².